The molecule has 22 heavy (non-hydrogen) atoms. The highest BCUT2D eigenvalue weighted by atomic mass is 79.9. The quantitative estimate of drug-likeness (QED) is 0.701. The Morgan fingerprint density at radius 2 is 2.09 bits per heavy atom. The Morgan fingerprint density at radius 1 is 1.23 bits per heavy atom. The van der Waals surface area contributed by atoms with E-state index >= 15 is 0 Å². The number of benzene rings is 1. The van der Waals surface area contributed by atoms with Gasteiger partial charge in [0, 0.05) is 10.7 Å². The molecule has 2 aromatic heterocycles. The van der Waals surface area contributed by atoms with Crippen LogP contribution in [0.15, 0.2) is 58.5 Å². The molecule has 1 aromatic carbocycles. The number of carbonyl (C=O) groups is 1. The molecule has 0 atom stereocenters. The van der Waals surface area contributed by atoms with Crippen LogP contribution >= 0.6 is 27.3 Å². The van der Waals surface area contributed by atoms with Crippen LogP contribution in [-0.2, 0) is 0 Å². The summed E-state index contributed by atoms with van der Waals surface area (Å²) in [6.45, 7) is 0. The number of halogens is 2. The molecule has 3 rings (SSSR count). The highest BCUT2D eigenvalue weighted by Crippen LogP contribution is 2.27. The van der Waals surface area contributed by atoms with Crippen molar-refractivity contribution in [2.75, 3.05) is 5.32 Å². The number of hydrogen-bond donors (Lipinski definition) is 1. The van der Waals surface area contributed by atoms with Crippen molar-refractivity contribution in [3.8, 4) is 10.6 Å². The second-order valence-electron chi connectivity index (χ2n) is 4.46. The number of amides is 1. The molecular weight excluding hydrogens is 367 g/mol. The van der Waals surface area contributed by atoms with Gasteiger partial charge in [0.25, 0.3) is 5.91 Å². The van der Waals surface area contributed by atoms with Gasteiger partial charge in [-0.2, -0.15) is 0 Å². The minimum Gasteiger partial charge on any atom is -0.319 e. The fourth-order valence-electron chi connectivity index (χ4n) is 1.98. The predicted octanol–water partition coefficient (Wildman–Crippen LogP) is 4.96. The van der Waals surface area contributed by atoms with Crippen LogP contribution in [-0.4, -0.2) is 10.9 Å². The van der Waals surface area contributed by atoms with Crippen molar-refractivity contribution in [3.05, 3.63) is 69.9 Å². The summed E-state index contributed by atoms with van der Waals surface area (Å²) in [6, 6.07) is 11.6. The van der Waals surface area contributed by atoms with Gasteiger partial charge in [0.2, 0.25) is 0 Å². The number of rotatable bonds is 3. The van der Waals surface area contributed by atoms with Crippen molar-refractivity contribution in [2.24, 2.45) is 0 Å². The number of pyridine rings is 1. The van der Waals surface area contributed by atoms with E-state index in [1.807, 2.05) is 17.5 Å². The summed E-state index contributed by atoms with van der Waals surface area (Å²) in [7, 11) is 0. The fraction of sp³-hybridized carbons (Fsp3) is 0. The van der Waals surface area contributed by atoms with E-state index in [0.717, 1.165) is 4.88 Å². The number of nitrogens with zero attached hydrogens (tertiary/aromatic N) is 1. The molecule has 0 saturated carbocycles. The van der Waals surface area contributed by atoms with Crippen LogP contribution in [0.25, 0.3) is 10.6 Å². The highest BCUT2D eigenvalue weighted by molar-refractivity contribution is 9.10. The molecule has 0 saturated heterocycles. The normalized spacial score (nSPS) is 10.5. The molecule has 0 fully saturated rings. The summed E-state index contributed by atoms with van der Waals surface area (Å²) in [6.07, 6.45) is 1.63. The molecule has 1 N–H and O–H groups in total. The number of nitrogens with one attached hydrogen (secondary N) is 1. The van der Waals surface area contributed by atoms with Gasteiger partial charge >= 0.3 is 0 Å². The first-order chi connectivity index (χ1) is 10.6. The third kappa shape index (κ3) is 3.08. The van der Waals surface area contributed by atoms with Crippen LogP contribution in [0.4, 0.5) is 10.1 Å². The van der Waals surface area contributed by atoms with E-state index in [2.05, 4.69) is 26.2 Å². The maximum Gasteiger partial charge on any atom is 0.257 e. The van der Waals surface area contributed by atoms with Crippen LogP contribution < -0.4 is 5.32 Å². The second-order valence-corrected chi connectivity index (χ2v) is 6.32. The van der Waals surface area contributed by atoms with Crippen molar-refractivity contribution in [1.29, 1.82) is 0 Å². The van der Waals surface area contributed by atoms with Crippen LogP contribution in [0.2, 0.25) is 0 Å². The Morgan fingerprint density at radius 3 is 2.82 bits per heavy atom. The first-order valence-corrected chi connectivity index (χ1v) is 8.08. The number of anilines is 1. The molecule has 0 aliphatic rings. The molecule has 3 nitrogen and oxygen atoms in total. The average molecular weight is 377 g/mol. The lowest BCUT2D eigenvalue weighted by Crippen LogP contribution is -2.14. The Kier molecular flexibility index (Phi) is 4.31. The first kappa shape index (κ1) is 14.9. The lowest BCUT2D eigenvalue weighted by molar-refractivity contribution is 0.102. The van der Waals surface area contributed by atoms with Crippen molar-refractivity contribution in [1.82, 2.24) is 4.98 Å². The minimum absolute atomic E-state index is 0.134. The van der Waals surface area contributed by atoms with Gasteiger partial charge in [0.15, 0.2) is 0 Å². The molecule has 1 amide bonds. The SMILES string of the molecule is O=C(Nc1ccc(Br)cc1F)c1cccnc1-c1cccs1. The number of hydrogen-bond acceptors (Lipinski definition) is 3. The molecule has 110 valence electrons. The van der Waals surface area contributed by atoms with Gasteiger partial charge < -0.3 is 5.32 Å². The molecule has 2 heterocycles. The van der Waals surface area contributed by atoms with Crippen molar-refractivity contribution in [2.45, 2.75) is 0 Å². The maximum absolute atomic E-state index is 13.8. The first-order valence-electron chi connectivity index (χ1n) is 6.40. The molecule has 0 spiro atoms. The summed E-state index contributed by atoms with van der Waals surface area (Å²) in [5.41, 5.74) is 1.13. The van der Waals surface area contributed by atoms with Gasteiger partial charge in [-0.05, 0) is 41.8 Å². The molecular formula is C16H10BrFN2OS. The Labute approximate surface area is 139 Å². The number of thiophene rings is 1. The molecule has 0 bridgehead atoms. The van der Waals surface area contributed by atoms with Gasteiger partial charge in [0.05, 0.1) is 21.8 Å². The predicted molar refractivity (Wildman–Crippen MR) is 89.6 cm³/mol. The third-order valence-electron chi connectivity index (χ3n) is 2.99. The smallest absolute Gasteiger partial charge is 0.257 e. The van der Waals surface area contributed by atoms with E-state index < -0.39 is 11.7 Å². The van der Waals surface area contributed by atoms with Crippen molar-refractivity contribution < 1.29 is 9.18 Å². The molecule has 3 aromatic rings. The van der Waals surface area contributed by atoms with Crippen LogP contribution in [0.1, 0.15) is 10.4 Å². The lowest BCUT2D eigenvalue weighted by Gasteiger charge is -2.09. The molecule has 0 aliphatic carbocycles. The van der Waals surface area contributed by atoms with Crippen LogP contribution in [0, 0.1) is 5.82 Å². The lowest BCUT2D eigenvalue weighted by atomic mass is 10.1. The zero-order chi connectivity index (χ0) is 15.5. The summed E-state index contributed by atoms with van der Waals surface area (Å²) >= 11 is 4.68. The number of aromatic nitrogens is 1. The van der Waals surface area contributed by atoms with Crippen molar-refractivity contribution in [3.63, 3.8) is 0 Å². The van der Waals surface area contributed by atoms with Gasteiger partial charge in [0.1, 0.15) is 5.82 Å². The maximum atomic E-state index is 13.8. The summed E-state index contributed by atoms with van der Waals surface area (Å²) < 4.78 is 14.5. The molecule has 0 radical (unpaired) electrons. The summed E-state index contributed by atoms with van der Waals surface area (Å²) in [4.78, 5) is 17.6. The monoisotopic (exact) mass is 376 g/mol. The van der Waals surface area contributed by atoms with E-state index in [-0.39, 0.29) is 5.69 Å². The van der Waals surface area contributed by atoms with Gasteiger partial charge in [-0.1, -0.05) is 22.0 Å². The van der Waals surface area contributed by atoms with E-state index in [1.165, 1.54) is 23.5 Å². The Balaban J connectivity index is 1.93. The van der Waals surface area contributed by atoms with E-state index in [1.54, 1.807) is 24.4 Å². The topological polar surface area (TPSA) is 42.0 Å². The molecule has 0 aliphatic heterocycles. The second kappa shape index (κ2) is 6.37. The Hall–Kier alpha value is -2.05. The summed E-state index contributed by atoms with van der Waals surface area (Å²) in [5, 5.41) is 4.50. The van der Waals surface area contributed by atoms with Gasteiger partial charge in [-0.15, -0.1) is 11.3 Å². The molecule has 0 unspecified atom stereocenters. The zero-order valence-corrected chi connectivity index (χ0v) is 13.6. The fourth-order valence-corrected chi connectivity index (χ4v) is 3.05. The van der Waals surface area contributed by atoms with Crippen molar-refractivity contribution >= 4 is 38.9 Å². The number of carbonyl (C=O) groups excluding carboxylic acids is 1. The largest absolute Gasteiger partial charge is 0.319 e. The van der Waals surface area contributed by atoms with Gasteiger partial charge in [-0.3, -0.25) is 9.78 Å². The highest BCUT2D eigenvalue weighted by Gasteiger charge is 2.16. The average Bonchev–Trinajstić information content (AvgIpc) is 3.04. The van der Waals surface area contributed by atoms with Gasteiger partial charge in [-0.25, -0.2) is 4.39 Å². The van der Waals surface area contributed by atoms with E-state index in [4.69, 9.17) is 0 Å². The van der Waals surface area contributed by atoms with Crippen LogP contribution in [0.3, 0.4) is 0 Å². The minimum atomic E-state index is -0.496. The Bertz CT molecular complexity index is 821. The third-order valence-corrected chi connectivity index (χ3v) is 4.36. The molecule has 6 heteroatoms. The van der Waals surface area contributed by atoms with E-state index in [0.29, 0.717) is 15.7 Å². The summed E-state index contributed by atoms with van der Waals surface area (Å²) in [5.74, 6) is -0.887. The van der Waals surface area contributed by atoms with Crippen LogP contribution in [0.5, 0.6) is 0 Å². The zero-order valence-electron chi connectivity index (χ0n) is 11.2. The van der Waals surface area contributed by atoms with E-state index in [9.17, 15) is 9.18 Å². The standard InChI is InChI=1S/C16H10BrFN2OS/c17-10-5-6-13(12(18)9-10)20-16(21)11-3-1-7-19-15(11)14-4-2-8-22-14/h1-9H,(H,20,21).